The van der Waals surface area contributed by atoms with Gasteiger partial charge in [-0.05, 0) is 56.7 Å². The van der Waals surface area contributed by atoms with Gasteiger partial charge in [0.15, 0.2) is 0 Å². The van der Waals surface area contributed by atoms with Gasteiger partial charge in [-0.2, -0.15) is 13.2 Å². The second-order valence-electron chi connectivity index (χ2n) is 6.38. The lowest BCUT2D eigenvalue weighted by atomic mass is 10.0. The highest BCUT2D eigenvalue weighted by Crippen LogP contribution is 2.30. The van der Waals surface area contributed by atoms with Crippen molar-refractivity contribution < 1.29 is 13.2 Å². The first-order valence-electron chi connectivity index (χ1n) is 8.49. The zero-order chi connectivity index (χ0) is 18.3. The summed E-state index contributed by atoms with van der Waals surface area (Å²) in [6, 6.07) is 15.7. The Morgan fingerprint density at radius 3 is 2.44 bits per heavy atom. The molecule has 25 heavy (non-hydrogen) atoms. The van der Waals surface area contributed by atoms with Gasteiger partial charge in [-0.3, -0.25) is 0 Å². The molecule has 0 fully saturated rings. The van der Waals surface area contributed by atoms with E-state index in [2.05, 4.69) is 29.4 Å². The maximum Gasteiger partial charge on any atom is 0.416 e. The van der Waals surface area contributed by atoms with Crippen LogP contribution in [0.1, 0.15) is 36.1 Å². The molecule has 0 saturated carbocycles. The molecular formula is C20H25F3N2. The Morgan fingerprint density at radius 2 is 1.76 bits per heavy atom. The molecule has 0 heterocycles. The van der Waals surface area contributed by atoms with Crippen molar-refractivity contribution in [3.8, 4) is 0 Å². The van der Waals surface area contributed by atoms with E-state index in [0.29, 0.717) is 5.56 Å². The molecule has 2 aromatic rings. The van der Waals surface area contributed by atoms with Crippen LogP contribution in [0, 0.1) is 0 Å². The fourth-order valence-corrected chi connectivity index (χ4v) is 2.74. The van der Waals surface area contributed by atoms with Crippen molar-refractivity contribution in [2.45, 2.75) is 32.1 Å². The maximum atomic E-state index is 12.8. The van der Waals surface area contributed by atoms with E-state index in [1.54, 1.807) is 6.07 Å². The summed E-state index contributed by atoms with van der Waals surface area (Å²) in [4.78, 5) is 2.24. The van der Waals surface area contributed by atoms with Crippen molar-refractivity contribution in [2.24, 2.45) is 0 Å². The van der Waals surface area contributed by atoms with Crippen LogP contribution in [0.4, 0.5) is 13.2 Å². The summed E-state index contributed by atoms with van der Waals surface area (Å²) in [5, 5.41) is 3.30. The highest BCUT2D eigenvalue weighted by molar-refractivity contribution is 5.27. The molecule has 1 N–H and O–H groups in total. The number of nitrogens with zero attached hydrogens (tertiary/aromatic N) is 1. The van der Waals surface area contributed by atoms with Gasteiger partial charge in [0.1, 0.15) is 0 Å². The van der Waals surface area contributed by atoms with Gasteiger partial charge in [-0.25, -0.2) is 0 Å². The summed E-state index contributed by atoms with van der Waals surface area (Å²) in [5.74, 6) is 0. The van der Waals surface area contributed by atoms with Crippen LogP contribution in [0.25, 0.3) is 0 Å². The average molecular weight is 350 g/mol. The Balaban J connectivity index is 1.74. The normalized spacial score (nSPS) is 13.2. The summed E-state index contributed by atoms with van der Waals surface area (Å²) in [6.45, 7) is 4.47. The van der Waals surface area contributed by atoms with E-state index in [4.69, 9.17) is 0 Å². The van der Waals surface area contributed by atoms with Crippen LogP contribution >= 0.6 is 0 Å². The lowest BCUT2D eigenvalue weighted by molar-refractivity contribution is -0.137. The van der Waals surface area contributed by atoms with Crippen LogP contribution in [0.2, 0.25) is 0 Å². The van der Waals surface area contributed by atoms with Crippen LogP contribution in [-0.2, 0) is 12.7 Å². The molecular weight excluding hydrogens is 325 g/mol. The quantitative estimate of drug-likeness (QED) is 0.683. The van der Waals surface area contributed by atoms with Crippen LogP contribution in [-0.4, -0.2) is 25.0 Å². The molecule has 1 unspecified atom stereocenters. The Hall–Kier alpha value is -1.85. The monoisotopic (exact) mass is 350 g/mol. The lowest BCUT2D eigenvalue weighted by Gasteiger charge is -2.19. The number of hydrogen-bond acceptors (Lipinski definition) is 2. The number of rotatable bonds is 8. The first-order chi connectivity index (χ1) is 11.9. The zero-order valence-corrected chi connectivity index (χ0v) is 14.7. The molecule has 5 heteroatoms. The van der Waals surface area contributed by atoms with Gasteiger partial charge in [0.05, 0.1) is 5.56 Å². The molecule has 0 aliphatic rings. The molecule has 0 aliphatic carbocycles. The van der Waals surface area contributed by atoms with E-state index in [-0.39, 0.29) is 6.04 Å². The van der Waals surface area contributed by atoms with E-state index in [1.165, 1.54) is 17.7 Å². The molecule has 136 valence electrons. The van der Waals surface area contributed by atoms with E-state index >= 15 is 0 Å². The predicted molar refractivity (Wildman–Crippen MR) is 95.3 cm³/mol. The molecule has 0 saturated heterocycles. The topological polar surface area (TPSA) is 15.3 Å². The second-order valence-corrected chi connectivity index (χ2v) is 6.38. The highest BCUT2D eigenvalue weighted by atomic mass is 19.4. The molecule has 0 aliphatic heterocycles. The fraction of sp³-hybridized carbons (Fsp3) is 0.400. The number of hydrogen-bond donors (Lipinski definition) is 1. The molecule has 0 radical (unpaired) electrons. The van der Waals surface area contributed by atoms with Gasteiger partial charge in [0.25, 0.3) is 0 Å². The van der Waals surface area contributed by atoms with Crippen molar-refractivity contribution in [2.75, 3.05) is 20.1 Å². The van der Waals surface area contributed by atoms with E-state index in [1.807, 2.05) is 25.1 Å². The summed E-state index contributed by atoms with van der Waals surface area (Å²) in [5.41, 5.74) is 1.34. The predicted octanol–water partition coefficient (Wildman–Crippen LogP) is 4.88. The second kappa shape index (κ2) is 9.02. The summed E-state index contributed by atoms with van der Waals surface area (Å²) >= 11 is 0. The van der Waals surface area contributed by atoms with Gasteiger partial charge >= 0.3 is 6.18 Å². The number of halogens is 3. The van der Waals surface area contributed by atoms with Crippen molar-refractivity contribution >= 4 is 0 Å². The van der Waals surface area contributed by atoms with Gasteiger partial charge in [0.2, 0.25) is 0 Å². The van der Waals surface area contributed by atoms with Crippen molar-refractivity contribution in [3.05, 3.63) is 71.3 Å². The Morgan fingerprint density at radius 1 is 1.04 bits per heavy atom. The van der Waals surface area contributed by atoms with Crippen molar-refractivity contribution in [1.82, 2.24) is 10.2 Å². The Kier molecular flexibility index (Phi) is 7.02. The minimum absolute atomic E-state index is 0.110. The largest absolute Gasteiger partial charge is 0.416 e. The Bertz CT molecular complexity index is 641. The van der Waals surface area contributed by atoms with Gasteiger partial charge in [-0.1, -0.05) is 42.5 Å². The lowest BCUT2D eigenvalue weighted by Crippen LogP contribution is -2.25. The third-order valence-electron chi connectivity index (χ3n) is 4.18. The van der Waals surface area contributed by atoms with Gasteiger partial charge in [0, 0.05) is 12.6 Å². The van der Waals surface area contributed by atoms with Gasteiger partial charge < -0.3 is 10.2 Å². The van der Waals surface area contributed by atoms with Crippen LogP contribution in [0.3, 0.4) is 0 Å². The average Bonchev–Trinajstić information content (AvgIpc) is 2.59. The molecule has 0 aromatic heterocycles. The van der Waals surface area contributed by atoms with E-state index in [9.17, 15) is 13.2 Å². The van der Waals surface area contributed by atoms with E-state index in [0.717, 1.165) is 32.1 Å². The smallest absolute Gasteiger partial charge is 0.310 e. The maximum absolute atomic E-state index is 12.8. The minimum Gasteiger partial charge on any atom is -0.310 e. The fourth-order valence-electron chi connectivity index (χ4n) is 2.74. The first kappa shape index (κ1) is 19.5. The SMILES string of the molecule is CC(NCCCN(C)Cc1ccccc1)c1cccc(C(F)(F)F)c1. The molecule has 2 aromatic carbocycles. The number of nitrogens with one attached hydrogen (secondary N) is 1. The number of benzene rings is 2. The van der Waals surface area contributed by atoms with Gasteiger partial charge in [-0.15, -0.1) is 0 Å². The molecule has 2 nitrogen and oxygen atoms in total. The molecule has 0 spiro atoms. The molecule has 0 bridgehead atoms. The summed E-state index contributed by atoms with van der Waals surface area (Å²) < 4.78 is 38.3. The summed E-state index contributed by atoms with van der Waals surface area (Å²) in [7, 11) is 2.07. The van der Waals surface area contributed by atoms with Crippen molar-refractivity contribution in [1.29, 1.82) is 0 Å². The molecule has 1 atom stereocenters. The zero-order valence-electron chi connectivity index (χ0n) is 14.7. The third-order valence-corrected chi connectivity index (χ3v) is 4.18. The molecule has 2 rings (SSSR count). The Labute approximate surface area is 147 Å². The molecule has 0 amide bonds. The minimum atomic E-state index is -4.30. The first-order valence-corrected chi connectivity index (χ1v) is 8.49. The third kappa shape index (κ3) is 6.52. The standard InChI is InChI=1S/C20H25F3N2/c1-16(18-10-6-11-19(14-18)20(21,22)23)24-12-7-13-25(2)15-17-8-4-3-5-9-17/h3-6,8-11,14,16,24H,7,12-13,15H2,1-2H3. The number of alkyl halides is 3. The van der Waals surface area contributed by atoms with Crippen LogP contribution < -0.4 is 5.32 Å². The highest BCUT2D eigenvalue weighted by Gasteiger charge is 2.30. The van der Waals surface area contributed by atoms with Crippen LogP contribution in [0.5, 0.6) is 0 Å². The van der Waals surface area contributed by atoms with Crippen LogP contribution in [0.15, 0.2) is 54.6 Å². The van der Waals surface area contributed by atoms with Crippen molar-refractivity contribution in [3.63, 3.8) is 0 Å². The van der Waals surface area contributed by atoms with E-state index < -0.39 is 11.7 Å². The summed E-state index contributed by atoms with van der Waals surface area (Å²) in [6.07, 6.45) is -3.36.